The number of furan rings is 1. The number of carbonyl (C=O) groups excluding carboxylic acids is 2. The standard InChI is InChI=1S/C24H25BrN2O4/c1-15-19-14-17(25)7-8-21(19)31-23(15)24(29)26-18-9-11-27(12-10-18)22(28)13-16-5-3-4-6-20(16)30-2/h3-8,14,18H,9-13H2,1-2H3,(H,26,29). The third-order valence-electron chi connectivity index (χ3n) is 5.82. The Morgan fingerprint density at radius 3 is 2.68 bits per heavy atom. The molecule has 6 nitrogen and oxygen atoms in total. The number of fused-ring (bicyclic) bond motifs is 1. The summed E-state index contributed by atoms with van der Waals surface area (Å²) in [6, 6.07) is 13.3. The summed E-state index contributed by atoms with van der Waals surface area (Å²) in [6.45, 7) is 3.13. The summed E-state index contributed by atoms with van der Waals surface area (Å²) in [7, 11) is 1.61. The highest BCUT2D eigenvalue weighted by Crippen LogP contribution is 2.28. The monoisotopic (exact) mass is 484 g/mol. The van der Waals surface area contributed by atoms with Gasteiger partial charge in [-0.05, 0) is 44.0 Å². The summed E-state index contributed by atoms with van der Waals surface area (Å²) in [4.78, 5) is 27.4. The number of hydrogen-bond donors (Lipinski definition) is 1. The quantitative estimate of drug-likeness (QED) is 0.579. The second kappa shape index (κ2) is 9.14. The molecule has 2 aromatic carbocycles. The number of methoxy groups -OCH3 is 1. The first-order valence-corrected chi connectivity index (χ1v) is 11.1. The second-order valence-electron chi connectivity index (χ2n) is 7.81. The fourth-order valence-electron chi connectivity index (χ4n) is 4.06. The molecule has 4 rings (SSSR count). The Bertz CT molecular complexity index is 1120. The molecule has 0 atom stereocenters. The molecule has 162 valence electrons. The predicted octanol–water partition coefficient (Wildman–Crippen LogP) is 4.48. The number of aryl methyl sites for hydroxylation is 1. The highest BCUT2D eigenvalue weighted by atomic mass is 79.9. The van der Waals surface area contributed by atoms with E-state index in [1.54, 1.807) is 7.11 Å². The average molecular weight is 485 g/mol. The number of ether oxygens (including phenoxy) is 1. The van der Waals surface area contributed by atoms with Gasteiger partial charge in [-0.25, -0.2) is 0 Å². The number of para-hydroxylation sites is 1. The molecule has 1 fully saturated rings. The molecule has 1 aliphatic rings. The van der Waals surface area contributed by atoms with Gasteiger partial charge in [-0.3, -0.25) is 9.59 Å². The molecule has 1 saturated heterocycles. The highest BCUT2D eigenvalue weighted by molar-refractivity contribution is 9.10. The third-order valence-corrected chi connectivity index (χ3v) is 6.31. The molecule has 0 unspecified atom stereocenters. The molecule has 0 aliphatic carbocycles. The number of nitrogens with zero attached hydrogens (tertiary/aromatic N) is 1. The van der Waals surface area contributed by atoms with Gasteiger partial charge in [0.25, 0.3) is 5.91 Å². The van der Waals surface area contributed by atoms with Crippen LogP contribution in [0.1, 0.15) is 34.5 Å². The molecule has 31 heavy (non-hydrogen) atoms. The molecule has 2 amide bonds. The molecule has 1 aromatic heterocycles. The summed E-state index contributed by atoms with van der Waals surface area (Å²) in [5.41, 5.74) is 2.42. The number of piperidine rings is 1. The molecule has 0 saturated carbocycles. The molecular formula is C24H25BrN2O4. The molecule has 0 bridgehead atoms. The largest absolute Gasteiger partial charge is 0.496 e. The van der Waals surface area contributed by atoms with Gasteiger partial charge in [0.1, 0.15) is 11.3 Å². The summed E-state index contributed by atoms with van der Waals surface area (Å²) < 4.78 is 12.1. The van der Waals surface area contributed by atoms with Crippen LogP contribution in [0.4, 0.5) is 0 Å². The Labute approximate surface area is 189 Å². The molecule has 7 heteroatoms. The number of rotatable bonds is 5. The minimum Gasteiger partial charge on any atom is -0.496 e. The van der Waals surface area contributed by atoms with Crippen LogP contribution in [0.5, 0.6) is 5.75 Å². The van der Waals surface area contributed by atoms with Gasteiger partial charge in [0.15, 0.2) is 5.76 Å². The third kappa shape index (κ3) is 4.61. The Kier molecular flexibility index (Phi) is 6.32. The molecule has 0 radical (unpaired) electrons. The molecule has 1 N–H and O–H groups in total. The fourth-order valence-corrected chi connectivity index (χ4v) is 4.42. The van der Waals surface area contributed by atoms with Crippen LogP contribution in [0.15, 0.2) is 51.4 Å². The Morgan fingerprint density at radius 2 is 1.94 bits per heavy atom. The Hall–Kier alpha value is -2.80. The zero-order valence-corrected chi connectivity index (χ0v) is 19.2. The molecule has 3 aromatic rings. The lowest BCUT2D eigenvalue weighted by atomic mass is 10.0. The Balaban J connectivity index is 1.34. The number of hydrogen-bond acceptors (Lipinski definition) is 4. The van der Waals surface area contributed by atoms with Crippen molar-refractivity contribution in [1.29, 1.82) is 0 Å². The van der Waals surface area contributed by atoms with E-state index in [-0.39, 0.29) is 17.9 Å². The van der Waals surface area contributed by atoms with Gasteiger partial charge >= 0.3 is 0 Å². The van der Waals surface area contributed by atoms with Crippen molar-refractivity contribution in [3.8, 4) is 5.75 Å². The van der Waals surface area contributed by atoms with Crippen molar-refractivity contribution in [2.45, 2.75) is 32.2 Å². The van der Waals surface area contributed by atoms with E-state index in [1.807, 2.05) is 54.3 Å². The van der Waals surface area contributed by atoms with Gasteiger partial charge in [-0.2, -0.15) is 0 Å². The topological polar surface area (TPSA) is 71.8 Å². The molecule has 0 spiro atoms. The van der Waals surface area contributed by atoms with Gasteiger partial charge in [-0.1, -0.05) is 34.1 Å². The van der Waals surface area contributed by atoms with E-state index in [9.17, 15) is 9.59 Å². The van der Waals surface area contributed by atoms with E-state index in [2.05, 4.69) is 21.2 Å². The van der Waals surface area contributed by atoms with Gasteiger partial charge in [0.05, 0.1) is 13.5 Å². The van der Waals surface area contributed by atoms with E-state index < -0.39 is 0 Å². The van der Waals surface area contributed by atoms with E-state index in [1.165, 1.54) is 0 Å². The van der Waals surface area contributed by atoms with Crippen molar-refractivity contribution >= 4 is 38.7 Å². The first-order chi connectivity index (χ1) is 15.0. The number of halogens is 1. The highest BCUT2D eigenvalue weighted by Gasteiger charge is 2.26. The van der Waals surface area contributed by atoms with Crippen LogP contribution >= 0.6 is 15.9 Å². The van der Waals surface area contributed by atoms with Crippen LogP contribution in [0.25, 0.3) is 11.0 Å². The van der Waals surface area contributed by atoms with Crippen molar-refractivity contribution in [3.63, 3.8) is 0 Å². The normalized spacial score (nSPS) is 14.6. The second-order valence-corrected chi connectivity index (χ2v) is 8.73. The van der Waals surface area contributed by atoms with Crippen molar-refractivity contribution < 1.29 is 18.7 Å². The predicted molar refractivity (Wildman–Crippen MR) is 122 cm³/mol. The van der Waals surface area contributed by atoms with Gasteiger partial charge in [-0.15, -0.1) is 0 Å². The molecule has 2 heterocycles. The zero-order valence-electron chi connectivity index (χ0n) is 17.6. The lowest BCUT2D eigenvalue weighted by Gasteiger charge is -2.32. The first kappa shape index (κ1) is 21.4. The zero-order chi connectivity index (χ0) is 22.0. The SMILES string of the molecule is COc1ccccc1CC(=O)N1CCC(NC(=O)c2oc3ccc(Br)cc3c2C)CC1. The summed E-state index contributed by atoms with van der Waals surface area (Å²) in [6.07, 6.45) is 1.75. The van der Waals surface area contributed by atoms with Gasteiger partial charge in [0, 0.05) is 40.1 Å². The van der Waals surface area contributed by atoms with Crippen molar-refractivity contribution in [2.75, 3.05) is 20.2 Å². The van der Waals surface area contributed by atoms with E-state index in [0.29, 0.717) is 43.7 Å². The average Bonchev–Trinajstić information content (AvgIpc) is 3.10. The maximum Gasteiger partial charge on any atom is 0.287 e. The van der Waals surface area contributed by atoms with Crippen LogP contribution < -0.4 is 10.1 Å². The lowest BCUT2D eigenvalue weighted by molar-refractivity contribution is -0.131. The minimum atomic E-state index is -0.205. The number of nitrogens with one attached hydrogen (secondary N) is 1. The van der Waals surface area contributed by atoms with Crippen molar-refractivity contribution in [3.05, 3.63) is 63.8 Å². The number of amides is 2. The van der Waals surface area contributed by atoms with Crippen LogP contribution in [0.2, 0.25) is 0 Å². The van der Waals surface area contributed by atoms with E-state index in [0.717, 1.165) is 26.7 Å². The molecule has 1 aliphatic heterocycles. The van der Waals surface area contributed by atoms with Gasteiger partial charge in [0.2, 0.25) is 5.91 Å². The van der Waals surface area contributed by atoms with Crippen LogP contribution in [0.3, 0.4) is 0 Å². The van der Waals surface area contributed by atoms with E-state index >= 15 is 0 Å². The maximum atomic E-state index is 12.8. The first-order valence-electron chi connectivity index (χ1n) is 10.4. The minimum absolute atomic E-state index is 0.0159. The van der Waals surface area contributed by atoms with Crippen LogP contribution in [0, 0.1) is 6.92 Å². The van der Waals surface area contributed by atoms with E-state index in [4.69, 9.17) is 9.15 Å². The maximum absolute atomic E-state index is 12.8. The number of benzene rings is 2. The van der Waals surface area contributed by atoms with Gasteiger partial charge < -0.3 is 19.4 Å². The Morgan fingerprint density at radius 1 is 1.19 bits per heavy atom. The summed E-state index contributed by atoms with van der Waals surface area (Å²) in [5.74, 6) is 0.950. The van der Waals surface area contributed by atoms with Crippen molar-refractivity contribution in [2.24, 2.45) is 0 Å². The number of carbonyl (C=O) groups is 2. The summed E-state index contributed by atoms with van der Waals surface area (Å²) >= 11 is 3.46. The fraction of sp³-hybridized carbons (Fsp3) is 0.333. The number of likely N-dealkylation sites (tertiary alicyclic amines) is 1. The van der Waals surface area contributed by atoms with Crippen LogP contribution in [-0.4, -0.2) is 43.0 Å². The van der Waals surface area contributed by atoms with Crippen molar-refractivity contribution in [1.82, 2.24) is 10.2 Å². The summed E-state index contributed by atoms with van der Waals surface area (Å²) in [5, 5.41) is 4.00. The smallest absolute Gasteiger partial charge is 0.287 e. The lowest BCUT2D eigenvalue weighted by Crippen LogP contribution is -2.47. The van der Waals surface area contributed by atoms with Crippen LogP contribution in [-0.2, 0) is 11.2 Å². The molecular weight excluding hydrogens is 460 g/mol.